The molecule has 1 amide bonds. The van der Waals surface area contributed by atoms with Crippen LogP contribution in [-0.2, 0) is 232 Å². The summed E-state index contributed by atoms with van der Waals surface area (Å²) >= 11 is 0. The molecule has 65 nitrogen and oxygen atoms in total. The fraction of sp³-hybridized carbons (Fsp3) is 0.978. The molecule has 4 saturated heterocycles. The Morgan fingerprint density at radius 1 is 0.282 bits per heavy atom. The zero-order valence-corrected chi connectivity index (χ0v) is 72.9. The molecule has 4 fully saturated rings. The number of rotatable bonds is 60. The van der Waals surface area contributed by atoms with Gasteiger partial charge in [-0.3, -0.25) is 64.0 Å². The molecule has 4 rings (SSSR count). The van der Waals surface area contributed by atoms with E-state index in [-0.39, 0.29) is 18.7 Å². The highest BCUT2D eigenvalue weighted by Gasteiger charge is 2.63. The fourth-order valence-electron chi connectivity index (χ4n) is 11.9. The van der Waals surface area contributed by atoms with Gasteiger partial charge < -0.3 is 43.2 Å². The molecule has 4 aliphatic heterocycles. The van der Waals surface area contributed by atoms with Gasteiger partial charge in [-0.2, -0.15) is 109 Å². The predicted molar refractivity (Wildman–Crippen MR) is 383 cm³/mol. The van der Waals surface area contributed by atoms with Gasteiger partial charge in [0.2, 0.25) is 5.91 Å². The van der Waals surface area contributed by atoms with E-state index in [2.05, 4.69) is 69.7 Å². The quantitative estimate of drug-likeness (QED) is 0.00897. The van der Waals surface area contributed by atoms with Crippen molar-refractivity contribution < 1.29 is 266 Å². The van der Waals surface area contributed by atoms with Crippen LogP contribution in [0.25, 0.3) is 10.4 Å². The molecule has 78 heteroatoms. The zero-order chi connectivity index (χ0) is 94.3. The van der Waals surface area contributed by atoms with Crippen LogP contribution in [0.5, 0.6) is 0 Å². The lowest BCUT2D eigenvalue weighted by Gasteiger charge is -2.50. The van der Waals surface area contributed by atoms with Gasteiger partial charge in [0.1, 0.15) is 73.2 Å². The standard InChI is InChI=1S/C46H84N4O61S13/c47-50-49-20-16-12-8-4-2-6-10-14-18-30(51)48-19-15-11-7-3-1-5-9-13-17-21-91-43-39(108-121(79,80)81)35(104-117(67,68)69)31(26(96-43)22-92-112(52,53)54)100-44-40(109-122(82,83)84)36(105-118(70,71)72)32(27(97-44)23-93-113(55,56)57)101-45-41(110-123(85,86)87)37(106-119(73,74)75)33(28(98-45)24-94-114(58,59)60)102-46-42(111-124(88,89)90)38(107-120(76,77)78)34(103-116(64,65)66)29(99-46)25-95-115(61,62)63/h26-29,31-46H,1-25H2,(H,48,51)(H,52,53,54)(H,55,56,57)(H,58,59,60)(H,61,62,63)(H,64,65,66)(H,67,68,69)(H,70,71,72)(H,73,74,75)(H,76,77,78)(H,79,80,81)(H,82,83,84)(H,85,86,87)(H,88,89,90)/t26-,27-,28-,29-,31-,32-,33-,34-,35+,36+,37+,38+,39-,40-,41-,42-,43-,44-,45-,46-/m1/s1. The Bertz CT molecular complexity index is 5090. The first-order valence-electron chi connectivity index (χ1n) is 34.3. The monoisotopic (exact) mass is 2080 g/mol. The molecule has 0 aromatic heterocycles. The number of nitrogens with zero attached hydrogens (tertiary/aromatic N) is 3. The molecule has 14 N–H and O–H groups in total. The predicted octanol–water partition coefficient (Wildman–Crippen LogP) is -4.52. The number of hydrogen-bond donors (Lipinski definition) is 14. The molecule has 732 valence electrons. The Hall–Kier alpha value is -3.23. The zero-order valence-electron chi connectivity index (χ0n) is 62.3. The van der Waals surface area contributed by atoms with Crippen molar-refractivity contribution in [2.75, 3.05) is 46.1 Å². The van der Waals surface area contributed by atoms with Gasteiger partial charge >= 0.3 is 135 Å². The summed E-state index contributed by atoms with van der Waals surface area (Å²) in [6.07, 6.45) is -58.5. The number of nitrogens with one attached hydrogen (secondary N) is 1. The van der Waals surface area contributed by atoms with Crippen LogP contribution >= 0.6 is 0 Å². The van der Waals surface area contributed by atoms with Crippen molar-refractivity contribution in [2.24, 2.45) is 5.11 Å². The van der Waals surface area contributed by atoms with E-state index in [9.17, 15) is 173 Å². The summed E-state index contributed by atoms with van der Waals surface area (Å²) in [5.41, 5.74) is 8.33. The topological polar surface area (TPSA) is 979 Å². The van der Waals surface area contributed by atoms with E-state index in [0.29, 0.717) is 58.0 Å². The van der Waals surface area contributed by atoms with Crippen LogP contribution in [0.3, 0.4) is 0 Å². The highest BCUT2D eigenvalue weighted by Crippen LogP contribution is 2.42. The molecule has 0 unspecified atom stereocenters. The third-order valence-electron chi connectivity index (χ3n) is 16.3. The van der Waals surface area contributed by atoms with E-state index in [0.717, 1.165) is 57.8 Å². The number of ether oxygens (including phenoxy) is 8. The normalized spacial score (nSPS) is 28.4. The maximum Gasteiger partial charge on any atom is 0.397 e. The number of azide groups is 1. The lowest BCUT2D eigenvalue weighted by atomic mass is 9.95. The summed E-state index contributed by atoms with van der Waals surface area (Å²) in [4.78, 5) is 15.0. The minimum absolute atomic E-state index is 0.0981. The third kappa shape index (κ3) is 47.2. The Morgan fingerprint density at radius 3 is 0.790 bits per heavy atom. The molecule has 0 aromatic rings. The van der Waals surface area contributed by atoms with E-state index in [1.165, 1.54) is 0 Å². The second-order valence-corrected chi connectivity index (χ2v) is 39.5. The summed E-state index contributed by atoms with van der Waals surface area (Å²) in [5.74, 6) is -0.0981. The minimum atomic E-state index is -6.79. The molecule has 0 aliphatic carbocycles. The van der Waals surface area contributed by atoms with Gasteiger partial charge in [0, 0.05) is 31.0 Å². The van der Waals surface area contributed by atoms with Crippen LogP contribution in [0.2, 0.25) is 0 Å². The molecule has 0 saturated carbocycles. The fourth-order valence-corrected chi connectivity index (χ4v) is 17.5. The number of hydrogen-bond acceptors (Lipinski definition) is 49. The maximum absolute atomic E-state index is 13.0. The van der Waals surface area contributed by atoms with Crippen molar-refractivity contribution >= 4 is 141 Å². The van der Waals surface area contributed by atoms with E-state index in [1.807, 2.05) is 0 Å². The van der Waals surface area contributed by atoms with E-state index >= 15 is 0 Å². The number of carbonyl (C=O) groups is 1. The first kappa shape index (κ1) is 113. The van der Waals surface area contributed by atoms with Crippen molar-refractivity contribution in [3.05, 3.63) is 10.4 Å². The number of carbonyl (C=O) groups excluding carboxylic acids is 1. The van der Waals surface area contributed by atoms with Crippen molar-refractivity contribution in [1.82, 2.24) is 5.32 Å². The summed E-state index contributed by atoms with van der Waals surface area (Å²) in [6, 6.07) is 0. The lowest BCUT2D eigenvalue weighted by molar-refractivity contribution is -0.378. The first-order valence-corrected chi connectivity index (χ1v) is 52.1. The van der Waals surface area contributed by atoms with E-state index in [1.54, 1.807) is 0 Å². The van der Waals surface area contributed by atoms with Crippen LogP contribution in [0.1, 0.15) is 116 Å². The summed E-state index contributed by atoms with van der Waals surface area (Å²) in [5, 5.41) is 6.35. The van der Waals surface area contributed by atoms with Gasteiger partial charge in [-0.15, -0.1) is 0 Å². The Morgan fingerprint density at radius 2 is 0.508 bits per heavy atom. The van der Waals surface area contributed by atoms with Gasteiger partial charge in [0.15, 0.2) is 49.6 Å². The number of amides is 1. The summed E-state index contributed by atoms with van der Waals surface area (Å²) < 4.78 is 554. The smallest absolute Gasteiger partial charge is 0.356 e. The maximum atomic E-state index is 13.0. The molecule has 124 heavy (non-hydrogen) atoms. The summed E-state index contributed by atoms with van der Waals surface area (Å²) in [6.45, 7) is -8.75. The van der Waals surface area contributed by atoms with Gasteiger partial charge in [-0.05, 0) is 31.2 Å². The van der Waals surface area contributed by atoms with Crippen LogP contribution in [0.15, 0.2) is 5.11 Å². The van der Waals surface area contributed by atoms with Gasteiger partial charge in [-0.25, -0.2) is 54.4 Å². The average Bonchev–Trinajstić information content (AvgIpc) is 0.749. The van der Waals surface area contributed by atoms with Crippen LogP contribution in [0, 0.1) is 0 Å². The Labute approximate surface area is 707 Å². The van der Waals surface area contributed by atoms with Crippen LogP contribution in [0.4, 0.5) is 0 Å². The molecule has 20 atom stereocenters. The second-order valence-electron chi connectivity index (χ2n) is 25.7. The largest absolute Gasteiger partial charge is 0.397 e. The minimum Gasteiger partial charge on any atom is -0.356 e. The van der Waals surface area contributed by atoms with E-state index in [4.69, 9.17) is 43.4 Å². The Balaban J connectivity index is 1.87. The molecule has 0 radical (unpaired) electrons. The molecular weight excluding hydrogens is 2000 g/mol. The highest BCUT2D eigenvalue weighted by molar-refractivity contribution is 7.83. The average molecular weight is 2090 g/mol. The highest BCUT2D eigenvalue weighted by atomic mass is 32.3. The van der Waals surface area contributed by atoms with Crippen molar-refractivity contribution in [2.45, 2.75) is 238 Å². The summed E-state index contributed by atoms with van der Waals surface area (Å²) in [7, 11) is -83.6. The van der Waals surface area contributed by atoms with Gasteiger partial charge in [0.25, 0.3) is 0 Å². The molecule has 4 heterocycles. The van der Waals surface area contributed by atoms with Gasteiger partial charge in [-0.1, -0.05) is 88.6 Å². The molecule has 0 bridgehead atoms. The van der Waals surface area contributed by atoms with Gasteiger partial charge in [0.05, 0.1) is 26.4 Å². The number of unbranched alkanes of at least 4 members (excludes halogenated alkanes) is 15. The molecular formula is C46H84N4O61S13. The van der Waals surface area contributed by atoms with Crippen molar-refractivity contribution in [3.8, 4) is 0 Å². The van der Waals surface area contributed by atoms with Crippen LogP contribution in [-0.4, -0.2) is 343 Å². The van der Waals surface area contributed by atoms with Crippen molar-refractivity contribution in [3.63, 3.8) is 0 Å². The lowest BCUT2D eigenvalue weighted by Crippen LogP contribution is -2.69. The molecule has 0 aromatic carbocycles. The van der Waals surface area contributed by atoms with Crippen LogP contribution < -0.4 is 5.32 Å². The molecule has 4 aliphatic rings. The first-order chi connectivity index (χ1) is 56.5. The second kappa shape index (κ2) is 48.4. The molecule has 0 spiro atoms. The van der Waals surface area contributed by atoms with Crippen molar-refractivity contribution in [1.29, 1.82) is 0 Å². The third-order valence-corrected chi connectivity index (χ3v) is 22.2. The SMILES string of the molecule is [N-]=[N+]=NCCCCCCCCCCC(=O)NCCCCCCCCCCCO[C@@H]1O[C@H](COS(=O)(=O)O)[C@@H](O[C@H]2O[C@H](COS(=O)(=O)O)[C@@H](O[C@H]3O[C@H](COS(=O)(=O)O)[C@@H](O[C@H]4O[C@H](COS(=O)(=O)O)[C@@H](OS(=O)(=O)O)[C@H](OS(=O)(=O)O)[C@H]4OS(=O)(=O)O)[C@H](OS(=O)(=O)O)[C@H]3OS(=O)(=O)O)[C@H](OS(=O)(=O)O)[C@H]2OS(=O)(=O)O)[C@H](OS(=O)(=O)O)[C@H]1OS(=O)(=O)O. The Kier molecular flexibility index (Phi) is 44.2. The van der Waals surface area contributed by atoms with E-state index < -0.39 is 291 Å².